The molecule has 0 spiro atoms. The van der Waals surface area contributed by atoms with Crippen LogP contribution >= 0.6 is 11.8 Å². The Morgan fingerprint density at radius 2 is 2.24 bits per heavy atom. The highest BCUT2D eigenvalue weighted by Gasteiger charge is 2.30. The Balaban J connectivity index is 2.61. The van der Waals surface area contributed by atoms with Crippen LogP contribution in [0.2, 0.25) is 0 Å². The number of aromatic nitrogens is 1. The first-order chi connectivity index (χ1) is 7.72. The fourth-order valence-corrected chi connectivity index (χ4v) is 2.53. The third kappa shape index (κ3) is 3.74. The van der Waals surface area contributed by atoms with Crippen molar-refractivity contribution in [3.8, 4) is 0 Å². The van der Waals surface area contributed by atoms with Crippen molar-refractivity contribution in [1.82, 2.24) is 4.98 Å². The average molecular weight is 258 g/mol. The number of nitrogens with two attached hydrogens (primary N) is 1. The molecule has 0 radical (unpaired) electrons. The van der Waals surface area contributed by atoms with E-state index in [0.29, 0.717) is 11.6 Å². The zero-order chi connectivity index (χ0) is 13.2. The van der Waals surface area contributed by atoms with Gasteiger partial charge in [-0.2, -0.15) is 0 Å². The molecule has 0 aromatic carbocycles. The van der Waals surface area contributed by atoms with E-state index >= 15 is 0 Å². The van der Waals surface area contributed by atoms with E-state index in [4.69, 9.17) is 15.3 Å². The van der Waals surface area contributed by atoms with E-state index in [1.807, 2.05) is 20.8 Å². The van der Waals surface area contributed by atoms with E-state index in [1.54, 1.807) is 0 Å². The van der Waals surface area contributed by atoms with Crippen LogP contribution < -0.4 is 5.73 Å². The summed E-state index contributed by atoms with van der Waals surface area (Å²) in [6.07, 6.45) is 0.355. The van der Waals surface area contributed by atoms with Gasteiger partial charge in [0.05, 0.1) is 5.69 Å². The second-order valence-electron chi connectivity index (χ2n) is 4.48. The molecule has 0 saturated carbocycles. The zero-order valence-corrected chi connectivity index (χ0v) is 11.3. The molecule has 0 aliphatic carbocycles. The number of rotatable bonds is 5. The second kappa shape index (κ2) is 5.10. The van der Waals surface area contributed by atoms with Crippen LogP contribution in [0.5, 0.6) is 0 Å². The molecule has 0 amide bonds. The third-order valence-corrected chi connectivity index (χ3v) is 3.46. The molecule has 0 aliphatic rings. The lowest BCUT2D eigenvalue weighted by Crippen LogP contribution is -2.46. The zero-order valence-electron chi connectivity index (χ0n) is 10.5. The Morgan fingerprint density at radius 3 is 2.65 bits per heavy atom. The summed E-state index contributed by atoms with van der Waals surface area (Å²) in [7, 11) is 0. The summed E-state index contributed by atoms with van der Waals surface area (Å²) in [5, 5.41) is 9.52. The molecule has 1 heterocycles. The fraction of sp³-hybridized carbons (Fsp3) is 0.636. The molecule has 0 fully saturated rings. The van der Waals surface area contributed by atoms with Gasteiger partial charge in [0.1, 0.15) is 11.3 Å². The van der Waals surface area contributed by atoms with E-state index in [9.17, 15) is 4.79 Å². The lowest BCUT2D eigenvalue weighted by molar-refractivity contribution is -0.142. The molecule has 96 valence electrons. The van der Waals surface area contributed by atoms with Crippen LogP contribution in [0.25, 0.3) is 0 Å². The van der Waals surface area contributed by atoms with Crippen molar-refractivity contribution in [2.75, 3.05) is 0 Å². The van der Waals surface area contributed by atoms with E-state index in [1.165, 1.54) is 18.7 Å². The van der Waals surface area contributed by atoms with Crippen LogP contribution in [0, 0.1) is 13.8 Å². The van der Waals surface area contributed by atoms with Crippen molar-refractivity contribution in [2.45, 2.75) is 50.1 Å². The Morgan fingerprint density at radius 1 is 1.65 bits per heavy atom. The summed E-state index contributed by atoms with van der Waals surface area (Å²) < 4.78 is 5.42. The molecule has 0 aliphatic heterocycles. The minimum absolute atomic E-state index is 0.0264. The molecule has 2 atom stereocenters. The minimum atomic E-state index is -1.22. The fourth-order valence-electron chi connectivity index (χ4n) is 1.39. The van der Waals surface area contributed by atoms with Gasteiger partial charge in [-0.1, -0.05) is 18.7 Å². The number of hydrogen-bond acceptors (Lipinski definition) is 5. The van der Waals surface area contributed by atoms with Gasteiger partial charge in [-0.3, -0.25) is 4.79 Å². The lowest BCUT2D eigenvalue weighted by atomic mass is 9.98. The van der Waals surface area contributed by atoms with E-state index in [0.717, 1.165) is 11.5 Å². The van der Waals surface area contributed by atoms with Crippen LogP contribution in [0.3, 0.4) is 0 Å². The Bertz CT molecular complexity index is 395. The first kappa shape index (κ1) is 14.1. The number of hydrogen-bond donors (Lipinski definition) is 2. The van der Waals surface area contributed by atoms with Gasteiger partial charge in [-0.15, -0.1) is 0 Å². The highest BCUT2D eigenvalue weighted by Crippen LogP contribution is 2.28. The van der Waals surface area contributed by atoms with E-state index in [2.05, 4.69) is 4.98 Å². The first-order valence-corrected chi connectivity index (χ1v) is 6.23. The predicted molar refractivity (Wildman–Crippen MR) is 66.1 cm³/mol. The molecule has 1 aromatic rings. The van der Waals surface area contributed by atoms with Gasteiger partial charge in [0, 0.05) is 5.25 Å². The number of oxazole rings is 1. The van der Waals surface area contributed by atoms with Crippen molar-refractivity contribution in [1.29, 1.82) is 0 Å². The van der Waals surface area contributed by atoms with E-state index < -0.39 is 11.5 Å². The normalized spacial score (nSPS) is 16.5. The van der Waals surface area contributed by atoms with Crippen LogP contribution in [0.4, 0.5) is 0 Å². The van der Waals surface area contributed by atoms with Crippen LogP contribution in [0.1, 0.15) is 31.7 Å². The topological polar surface area (TPSA) is 89.3 Å². The molecule has 1 aromatic heterocycles. The van der Waals surface area contributed by atoms with Gasteiger partial charge in [0.15, 0.2) is 0 Å². The Kier molecular flexibility index (Phi) is 4.21. The molecular formula is C11H18N2O3S. The average Bonchev–Trinajstić information content (AvgIpc) is 2.43. The van der Waals surface area contributed by atoms with Gasteiger partial charge in [-0.05, 0) is 27.2 Å². The maximum atomic E-state index is 10.9. The summed E-state index contributed by atoms with van der Waals surface area (Å²) in [6.45, 7) is 7.14. The Labute approximate surface area is 105 Å². The quantitative estimate of drug-likeness (QED) is 0.785. The summed E-state index contributed by atoms with van der Waals surface area (Å²) in [5.41, 5.74) is 5.32. The molecule has 6 heteroatoms. The van der Waals surface area contributed by atoms with Gasteiger partial charge in [0.2, 0.25) is 0 Å². The van der Waals surface area contributed by atoms with Crippen molar-refractivity contribution in [2.24, 2.45) is 5.73 Å². The smallest absolute Gasteiger partial charge is 0.323 e. The summed E-state index contributed by atoms with van der Waals surface area (Å²) in [5.74, 6) is -0.210. The third-order valence-electron chi connectivity index (χ3n) is 2.51. The highest BCUT2D eigenvalue weighted by molar-refractivity contribution is 7.99. The van der Waals surface area contributed by atoms with Crippen molar-refractivity contribution < 1.29 is 14.3 Å². The molecule has 17 heavy (non-hydrogen) atoms. The standard InChI is InChI=1S/C11H18N2O3S/c1-6(5-11(4,12)9(14)15)17-10-13-7(2)8(3)16-10/h6H,5,12H2,1-4H3,(H,14,15). The molecule has 1 rings (SSSR count). The second-order valence-corrected chi connectivity index (χ2v) is 5.87. The molecule has 0 bridgehead atoms. The largest absolute Gasteiger partial charge is 0.480 e. The van der Waals surface area contributed by atoms with Crippen molar-refractivity contribution in [3.63, 3.8) is 0 Å². The number of carbonyl (C=O) groups is 1. The Hall–Kier alpha value is -1.01. The van der Waals surface area contributed by atoms with Crippen LogP contribution in [-0.4, -0.2) is 26.8 Å². The van der Waals surface area contributed by atoms with Crippen LogP contribution in [0.15, 0.2) is 9.64 Å². The van der Waals surface area contributed by atoms with Crippen molar-refractivity contribution in [3.05, 3.63) is 11.5 Å². The lowest BCUT2D eigenvalue weighted by Gasteiger charge is -2.22. The highest BCUT2D eigenvalue weighted by atomic mass is 32.2. The minimum Gasteiger partial charge on any atom is -0.480 e. The molecular weight excluding hydrogens is 240 g/mol. The van der Waals surface area contributed by atoms with Crippen molar-refractivity contribution >= 4 is 17.7 Å². The first-order valence-electron chi connectivity index (χ1n) is 5.35. The number of thioether (sulfide) groups is 1. The summed E-state index contributed by atoms with van der Waals surface area (Å²) in [6, 6.07) is 0. The number of aryl methyl sites for hydroxylation is 2. The summed E-state index contributed by atoms with van der Waals surface area (Å²) in [4.78, 5) is 15.1. The van der Waals surface area contributed by atoms with E-state index in [-0.39, 0.29) is 5.25 Å². The van der Waals surface area contributed by atoms with Gasteiger partial charge < -0.3 is 15.3 Å². The molecule has 0 saturated heterocycles. The monoisotopic (exact) mass is 258 g/mol. The number of aliphatic carboxylic acids is 1. The van der Waals surface area contributed by atoms with Gasteiger partial charge in [-0.25, -0.2) is 4.98 Å². The molecule has 5 nitrogen and oxygen atoms in total. The van der Waals surface area contributed by atoms with Gasteiger partial charge in [0.25, 0.3) is 5.22 Å². The molecule has 2 unspecified atom stereocenters. The van der Waals surface area contributed by atoms with Gasteiger partial charge >= 0.3 is 5.97 Å². The van der Waals surface area contributed by atoms with Crippen LogP contribution in [-0.2, 0) is 4.79 Å². The number of carboxylic acid groups (broad SMARTS) is 1. The predicted octanol–water partition coefficient (Wildman–Crippen LogP) is 1.96. The maximum absolute atomic E-state index is 10.9. The SMILES string of the molecule is Cc1nc(SC(C)CC(C)(N)C(=O)O)oc1C. The maximum Gasteiger partial charge on any atom is 0.323 e. The number of nitrogens with zero attached hydrogens (tertiary/aromatic N) is 1. The summed E-state index contributed by atoms with van der Waals surface area (Å²) >= 11 is 1.40. The molecule has 3 N–H and O–H groups in total. The number of carboxylic acids is 1.